The zero-order chi connectivity index (χ0) is 13.1. The molecule has 2 atom stereocenters. The van der Waals surface area contributed by atoms with Gasteiger partial charge in [0.15, 0.2) is 0 Å². The quantitative estimate of drug-likeness (QED) is 0.846. The van der Waals surface area contributed by atoms with Crippen molar-refractivity contribution in [3.05, 3.63) is 0 Å². The summed E-state index contributed by atoms with van der Waals surface area (Å²) >= 11 is 0. The Hall–Kier alpha value is -0.120. The first-order chi connectivity index (χ1) is 9.33. The van der Waals surface area contributed by atoms with Gasteiger partial charge in [-0.1, -0.05) is 19.3 Å². The van der Waals surface area contributed by atoms with Crippen LogP contribution in [0.3, 0.4) is 0 Å². The number of rotatable bonds is 4. The van der Waals surface area contributed by atoms with Crippen LogP contribution < -0.4 is 5.32 Å². The Bertz CT molecular complexity index is 288. The van der Waals surface area contributed by atoms with Gasteiger partial charge in [0.05, 0.1) is 12.7 Å². The van der Waals surface area contributed by atoms with Crippen molar-refractivity contribution in [2.24, 2.45) is 0 Å². The first kappa shape index (κ1) is 13.8. The van der Waals surface area contributed by atoms with Crippen molar-refractivity contribution in [1.29, 1.82) is 0 Å². The zero-order valence-corrected chi connectivity index (χ0v) is 12.5. The molecule has 2 saturated carbocycles. The maximum Gasteiger partial charge on any atom is 0.0730 e. The van der Waals surface area contributed by atoms with Gasteiger partial charge in [-0.2, -0.15) is 0 Å². The highest BCUT2D eigenvalue weighted by molar-refractivity contribution is 4.94. The normalized spacial score (nSPS) is 35.2. The third-order valence-electron chi connectivity index (χ3n) is 5.82. The topological polar surface area (TPSA) is 24.5 Å². The fraction of sp³-hybridized carbons (Fsp3) is 1.00. The SMILES string of the molecule is CNC1(CCN2CCOC3CCCC32)CCCCC1. The van der Waals surface area contributed by atoms with E-state index in [4.69, 9.17) is 4.74 Å². The Morgan fingerprint density at radius 1 is 1.16 bits per heavy atom. The molecule has 19 heavy (non-hydrogen) atoms. The molecule has 0 bridgehead atoms. The molecular formula is C16H30N2O. The molecular weight excluding hydrogens is 236 g/mol. The number of hydrogen-bond acceptors (Lipinski definition) is 3. The molecule has 3 nitrogen and oxygen atoms in total. The Morgan fingerprint density at radius 3 is 2.79 bits per heavy atom. The highest BCUT2D eigenvalue weighted by atomic mass is 16.5. The summed E-state index contributed by atoms with van der Waals surface area (Å²) in [5, 5.41) is 3.66. The fourth-order valence-corrected chi connectivity index (χ4v) is 4.49. The molecule has 1 N–H and O–H groups in total. The minimum atomic E-state index is 0.435. The van der Waals surface area contributed by atoms with E-state index in [1.807, 2.05) is 0 Å². The molecule has 0 aromatic rings. The van der Waals surface area contributed by atoms with Crippen LogP contribution in [0, 0.1) is 0 Å². The lowest BCUT2D eigenvalue weighted by atomic mass is 9.79. The first-order valence-corrected chi connectivity index (χ1v) is 8.38. The molecule has 0 aromatic heterocycles. The number of nitrogens with one attached hydrogen (secondary N) is 1. The second-order valence-corrected chi connectivity index (χ2v) is 6.78. The number of fused-ring (bicyclic) bond motifs is 1. The van der Waals surface area contributed by atoms with Crippen molar-refractivity contribution in [2.75, 3.05) is 26.7 Å². The molecule has 3 fully saturated rings. The summed E-state index contributed by atoms with van der Waals surface area (Å²) < 4.78 is 5.92. The first-order valence-electron chi connectivity index (χ1n) is 8.38. The minimum Gasteiger partial charge on any atom is -0.375 e. The summed E-state index contributed by atoms with van der Waals surface area (Å²) in [5.74, 6) is 0. The Balaban J connectivity index is 1.55. The second-order valence-electron chi connectivity index (χ2n) is 6.78. The lowest BCUT2D eigenvalue weighted by Gasteiger charge is -2.42. The van der Waals surface area contributed by atoms with E-state index in [2.05, 4.69) is 17.3 Å². The van der Waals surface area contributed by atoms with Crippen molar-refractivity contribution < 1.29 is 4.74 Å². The maximum atomic E-state index is 5.92. The standard InChI is InChI=1S/C16H30N2O/c1-17-16(8-3-2-4-9-16)10-11-18-12-13-19-15-7-5-6-14(15)18/h14-15,17H,2-13H2,1H3. The molecule has 2 unspecified atom stereocenters. The summed E-state index contributed by atoms with van der Waals surface area (Å²) in [7, 11) is 2.17. The monoisotopic (exact) mass is 266 g/mol. The highest BCUT2D eigenvalue weighted by Gasteiger charge is 2.37. The summed E-state index contributed by atoms with van der Waals surface area (Å²) in [4.78, 5) is 2.73. The molecule has 1 aliphatic heterocycles. The molecule has 1 saturated heterocycles. The van der Waals surface area contributed by atoms with Crippen molar-refractivity contribution in [2.45, 2.75) is 75.5 Å². The number of hydrogen-bond donors (Lipinski definition) is 1. The lowest BCUT2D eigenvalue weighted by molar-refractivity contribution is -0.0583. The van der Waals surface area contributed by atoms with Crippen LogP contribution in [0.25, 0.3) is 0 Å². The fourth-order valence-electron chi connectivity index (χ4n) is 4.49. The third kappa shape index (κ3) is 2.98. The summed E-state index contributed by atoms with van der Waals surface area (Å²) in [6.07, 6.45) is 12.9. The van der Waals surface area contributed by atoms with Crippen molar-refractivity contribution in [3.63, 3.8) is 0 Å². The lowest BCUT2D eigenvalue weighted by Crippen LogP contribution is -2.52. The molecule has 3 aliphatic rings. The van der Waals surface area contributed by atoms with Crippen LogP contribution >= 0.6 is 0 Å². The Labute approximate surface area is 118 Å². The average molecular weight is 266 g/mol. The number of morpholine rings is 1. The molecule has 0 radical (unpaired) electrons. The molecule has 110 valence electrons. The van der Waals surface area contributed by atoms with Crippen LogP contribution in [0.5, 0.6) is 0 Å². The molecule has 0 amide bonds. The maximum absolute atomic E-state index is 5.92. The van der Waals surface area contributed by atoms with E-state index in [9.17, 15) is 0 Å². The van der Waals surface area contributed by atoms with E-state index >= 15 is 0 Å². The van der Waals surface area contributed by atoms with Crippen LogP contribution in [-0.2, 0) is 4.74 Å². The van der Waals surface area contributed by atoms with Gasteiger partial charge in [-0.25, -0.2) is 0 Å². The van der Waals surface area contributed by atoms with Gasteiger partial charge < -0.3 is 10.1 Å². The Morgan fingerprint density at radius 2 is 2.00 bits per heavy atom. The third-order valence-corrected chi connectivity index (χ3v) is 5.82. The van der Waals surface area contributed by atoms with E-state index in [0.717, 1.165) is 19.2 Å². The predicted molar refractivity (Wildman–Crippen MR) is 78.4 cm³/mol. The van der Waals surface area contributed by atoms with Crippen molar-refractivity contribution >= 4 is 0 Å². The van der Waals surface area contributed by atoms with E-state index in [1.54, 1.807) is 0 Å². The van der Waals surface area contributed by atoms with Gasteiger partial charge in [-0.3, -0.25) is 4.90 Å². The largest absolute Gasteiger partial charge is 0.375 e. The molecule has 0 spiro atoms. The van der Waals surface area contributed by atoms with Crippen LogP contribution in [0.2, 0.25) is 0 Å². The minimum absolute atomic E-state index is 0.435. The number of nitrogens with zero attached hydrogens (tertiary/aromatic N) is 1. The van der Waals surface area contributed by atoms with Gasteiger partial charge in [-0.05, 0) is 45.6 Å². The molecule has 1 heterocycles. The summed E-state index contributed by atoms with van der Waals surface area (Å²) in [5.41, 5.74) is 0.435. The van der Waals surface area contributed by atoms with Gasteiger partial charge in [0.25, 0.3) is 0 Å². The van der Waals surface area contributed by atoms with Crippen molar-refractivity contribution in [3.8, 4) is 0 Å². The summed E-state index contributed by atoms with van der Waals surface area (Å²) in [6.45, 7) is 3.38. The molecule has 0 aromatic carbocycles. The molecule has 3 heteroatoms. The molecule has 2 aliphatic carbocycles. The van der Waals surface area contributed by atoms with Gasteiger partial charge >= 0.3 is 0 Å². The van der Waals surface area contributed by atoms with Crippen LogP contribution in [0.4, 0.5) is 0 Å². The van der Waals surface area contributed by atoms with Crippen LogP contribution in [-0.4, -0.2) is 49.3 Å². The van der Waals surface area contributed by atoms with Gasteiger partial charge in [0.1, 0.15) is 0 Å². The highest BCUT2D eigenvalue weighted by Crippen LogP contribution is 2.33. The molecule has 3 rings (SSSR count). The predicted octanol–water partition coefficient (Wildman–Crippen LogP) is 2.55. The van der Waals surface area contributed by atoms with Gasteiger partial charge in [-0.15, -0.1) is 0 Å². The van der Waals surface area contributed by atoms with E-state index in [1.165, 1.54) is 64.3 Å². The second kappa shape index (κ2) is 6.11. The summed E-state index contributed by atoms with van der Waals surface area (Å²) in [6, 6.07) is 0.728. The van der Waals surface area contributed by atoms with Crippen molar-refractivity contribution in [1.82, 2.24) is 10.2 Å². The van der Waals surface area contributed by atoms with E-state index < -0.39 is 0 Å². The Kier molecular flexibility index (Phi) is 4.45. The average Bonchev–Trinajstić information content (AvgIpc) is 2.95. The van der Waals surface area contributed by atoms with Crippen LogP contribution in [0.15, 0.2) is 0 Å². The smallest absolute Gasteiger partial charge is 0.0730 e. The van der Waals surface area contributed by atoms with E-state index in [-0.39, 0.29) is 0 Å². The van der Waals surface area contributed by atoms with Crippen LogP contribution in [0.1, 0.15) is 57.8 Å². The van der Waals surface area contributed by atoms with Gasteiger partial charge in [0.2, 0.25) is 0 Å². The van der Waals surface area contributed by atoms with E-state index in [0.29, 0.717) is 11.6 Å². The van der Waals surface area contributed by atoms with Gasteiger partial charge in [0, 0.05) is 24.7 Å². The zero-order valence-electron chi connectivity index (χ0n) is 12.5. The number of ether oxygens (including phenoxy) is 1.